The Labute approximate surface area is 130 Å². The number of fused-ring (bicyclic) bond motifs is 3. The lowest BCUT2D eigenvalue weighted by atomic mass is 9.95. The van der Waals surface area contributed by atoms with Gasteiger partial charge in [0.05, 0.1) is 0 Å². The summed E-state index contributed by atoms with van der Waals surface area (Å²) >= 11 is 0. The molecule has 0 N–H and O–H groups in total. The van der Waals surface area contributed by atoms with Crippen LogP contribution in [0.4, 0.5) is 0 Å². The van der Waals surface area contributed by atoms with Crippen LogP contribution >= 0.6 is 0 Å². The molecule has 1 amide bonds. The second-order valence-electron chi connectivity index (χ2n) is 6.24. The average Bonchev–Trinajstić information content (AvgIpc) is 2.99. The number of hydrogen-bond donors (Lipinski definition) is 0. The zero-order valence-corrected chi connectivity index (χ0v) is 12.8. The van der Waals surface area contributed by atoms with Crippen LogP contribution in [0.2, 0.25) is 0 Å². The Morgan fingerprint density at radius 3 is 2.95 bits per heavy atom. The van der Waals surface area contributed by atoms with Crippen molar-refractivity contribution in [2.45, 2.75) is 38.6 Å². The van der Waals surface area contributed by atoms with E-state index in [1.165, 1.54) is 11.1 Å². The predicted molar refractivity (Wildman–Crippen MR) is 83.4 cm³/mol. The van der Waals surface area contributed by atoms with Crippen LogP contribution in [0.5, 0.6) is 0 Å². The molecule has 3 heterocycles. The van der Waals surface area contributed by atoms with E-state index in [0.717, 1.165) is 50.5 Å². The van der Waals surface area contributed by atoms with Crippen molar-refractivity contribution in [3.63, 3.8) is 0 Å². The Morgan fingerprint density at radius 2 is 2.09 bits per heavy atom. The largest absolute Gasteiger partial charge is 0.342 e. The van der Waals surface area contributed by atoms with E-state index in [-0.39, 0.29) is 5.91 Å². The summed E-state index contributed by atoms with van der Waals surface area (Å²) in [5.41, 5.74) is 2.55. The number of hydrogen-bond acceptors (Lipinski definition) is 3. The number of aromatic nitrogens is 3. The molecule has 0 saturated carbocycles. The number of benzene rings is 1. The quantitative estimate of drug-likeness (QED) is 0.811. The highest BCUT2D eigenvalue weighted by Gasteiger charge is 2.29. The van der Waals surface area contributed by atoms with Crippen LogP contribution in [0.25, 0.3) is 11.4 Å². The normalized spacial score (nSPS) is 20.4. The number of amides is 1. The third-order valence-corrected chi connectivity index (χ3v) is 4.87. The molecule has 5 heteroatoms. The lowest BCUT2D eigenvalue weighted by molar-refractivity contribution is -0.130. The van der Waals surface area contributed by atoms with Crippen LogP contribution in [0.15, 0.2) is 24.3 Å². The number of carbonyl (C=O) groups excluding carboxylic acids is 1. The van der Waals surface area contributed by atoms with Gasteiger partial charge in [-0.1, -0.05) is 24.3 Å². The van der Waals surface area contributed by atoms with Gasteiger partial charge in [-0.15, -0.1) is 10.2 Å². The highest BCUT2D eigenvalue weighted by molar-refractivity contribution is 5.73. The Balaban J connectivity index is 1.68. The summed E-state index contributed by atoms with van der Waals surface area (Å²) in [6, 6.07) is 8.44. The van der Waals surface area contributed by atoms with E-state index in [0.29, 0.717) is 5.92 Å². The lowest BCUT2D eigenvalue weighted by Gasteiger charge is -2.32. The van der Waals surface area contributed by atoms with Gasteiger partial charge >= 0.3 is 0 Å². The molecule has 2 aromatic rings. The minimum absolute atomic E-state index is 0.161. The molecule has 1 saturated heterocycles. The van der Waals surface area contributed by atoms with Gasteiger partial charge in [0, 0.05) is 38.0 Å². The molecule has 1 aromatic heterocycles. The summed E-state index contributed by atoms with van der Waals surface area (Å²) in [5, 5.41) is 8.94. The van der Waals surface area contributed by atoms with E-state index in [1.54, 1.807) is 6.92 Å². The maximum Gasteiger partial charge on any atom is 0.219 e. The van der Waals surface area contributed by atoms with Crippen molar-refractivity contribution in [2.24, 2.45) is 0 Å². The topological polar surface area (TPSA) is 51.0 Å². The van der Waals surface area contributed by atoms with Crippen molar-refractivity contribution in [3.05, 3.63) is 35.7 Å². The second-order valence-corrected chi connectivity index (χ2v) is 6.24. The summed E-state index contributed by atoms with van der Waals surface area (Å²) in [6.45, 7) is 4.23. The molecule has 0 bridgehead atoms. The molecule has 4 rings (SSSR count). The Hall–Kier alpha value is -2.17. The van der Waals surface area contributed by atoms with Crippen molar-refractivity contribution >= 4 is 5.91 Å². The van der Waals surface area contributed by atoms with Crippen molar-refractivity contribution in [1.29, 1.82) is 0 Å². The third-order valence-electron chi connectivity index (χ3n) is 4.87. The van der Waals surface area contributed by atoms with Gasteiger partial charge in [-0.25, -0.2) is 0 Å². The Kier molecular flexibility index (Phi) is 3.21. The SMILES string of the molecule is CC(=O)N1CCCC(c2nnc3n2CCc2ccccc2-3)C1. The smallest absolute Gasteiger partial charge is 0.219 e. The van der Waals surface area contributed by atoms with E-state index in [2.05, 4.69) is 39.0 Å². The third kappa shape index (κ3) is 2.12. The number of rotatable bonds is 1. The molecule has 1 atom stereocenters. The van der Waals surface area contributed by atoms with Crippen LogP contribution in [0.3, 0.4) is 0 Å². The molecule has 2 aliphatic heterocycles. The van der Waals surface area contributed by atoms with Crippen LogP contribution in [-0.4, -0.2) is 38.7 Å². The molecule has 1 aromatic carbocycles. The Morgan fingerprint density at radius 1 is 1.23 bits per heavy atom. The van der Waals surface area contributed by atoms with Crippen molar-refractivity contribution in [2.75, 3.05) is 13.1 Å². The van der Waals surface area contributed by atoms with E-state index < -0.39 is 0 Å². The first-order valence-electron chi connectivity index (χ1n) is 8.01. The van der Waals surface area contributed by atoms with Crippen molar-refractivity contribution in [3.8, 4) is 11.4 Å². The predicted octanol–water partition coefficient (Wildman–Crippen LogP) is 2.23. The molecular formula is C17H20N4O. The average molecular weight is 296 g/mol. The van der Waals surface area contributed by atoms with Crippen molar-refractivity contribution in [1.82, 2.24) is 19.7 Å². The van der Waals surface area contributed by atoms with E-state index in [4.69, 9.17) is 0 Å². The number of nitrogens with zero attached hydrogens (tertiary/aromatic N) is 4. The number of carbonyl (C=O) groups is 1. The van der Waals surface area contributed by atoms with Gasteiger partial charge in [-0.3, -0.25) is 4.79 Å². The highest BCUT2D eigenvalue weighted by Crippen LogP contribution is 2.33. The van der Waals surface area contributed by atoms with Crippen LogP contribution < -0.4 is 0 Å². The standard InChI is InChI=1S/C17H20N4O/c1-12(22)20-9-4-6-14(11-20)16-18-19-17-15-7-3-2-5-13(15)8-10-21(16)17/h2-3,5,7,14H,4,6,8-11H2,1H3. The molecule has 5 nitrogen and oxygen atoms in total. The van der Waals surface area contributed by atoms with E-state index in [1.807, 2.05) is 4.90 Å². The van der Waals surface area contributed by atoms with Crippen LogP contribution in [0.1, 0.15) is 37.1 Å². The molecule has 0 spiro atoms. The van der Waals surface area contributed by atoms with Gasteiger partial charge in [0.25, 0.3) is 0 Å². The monoisotopic (exact) mass is 296 g/mol. The van der Waals surface area contributed by atoms with Crippen molar-refractivity contribution < 1.29 is 4.79 Å². The maximum atomic E-state index is 11.6. The minimum Gasteiger partial charge on any atom is -0.342 e. The van der Waals surface area contributed by atoms with Gasteiger partial charge in [0.15, 0.2) is 5.82 Å². The summed E-state index contributed by atoms with van der Waals surface area (Å²) in [5.74, 6) is 2.50. The fourth-order valence-electron chi connectivity index (χ4n) is 3.70. The molecule has 0 radical (unpaired) electrons. The molecule has 22 heavy (non-hydrogen) atoms. The van der Waals surface area contributed by atoms with Gasteiger partial charge < -0.3 is 9.47 Å². The first-order valence-corrected chi connectivity index (χ1v) is 8.01. The van der Waals surface area contributed by atoms with E-state index in [9.17, 15) is 4.79 Å². The zero-order valence-electron chi connectivity index (χ0n) is 12.8. The fourth-order valence-corrected chi connectivity index (χ4v) is 3.70. The molecule has 1 unspecified atom stereocenters. The summed E-state index contributed by atoms with van der Waals surface area (Å²) < 4.78 is 2.26. The van der Waals surface area contributed by atoms with Crippen LogP contribution in [-0.2, 0) is 17.8 Å². The lowest BCUT2D eigenvalue weighted by Crippen LogP contribution is -2.38. The summed E-state index contributed by atoms with van der Waals surface area (Å²) in [4.78, 5) is 13.6. The van der Waals surface area contributed by atoms with Gasteiger partial charge in [-0.05, 0) is 24.8 Å². The second kappa shape index (κ2) is 5.23. The highest BCUT2D eigenvalue weighted by atomic mass is 16.2. The van der Waals surface area contributed by atoms with Crippen LogP contribution in [0, 0.1) is 0 Å². The fraction of sp³-hybridized carbons (Fsp3) is 0.471. The van der Waals surface area contributed by atoms with E-state index >= 15 is 0 Å². The number of piperidine rings is 1. The van der Waals surface area contributed by atoms with Gasteiger partial charge in [0.2, 0.25) is 5.91 Å². The zero-order chi connectivity index (χ0) is 15.1. The first-order chi connectivity index (χ1) is 10.7. The number of aryl methyl sites for hydroxylation is 1. The number of likely N-dealkylation sites (tertiary alicyclic amines) is 1. The maximum absolute atomic E-state index is 11.6. The molecule has 2 aliphatic rings. The minimum atomic E-state index is 0.161. The summed E-state index contributed by atoms with van der Waals surface area (Å²) in [7, 11) is 0. The molecular weight excluding hydrogens is 276 g/mol. The summed E-state index contributed by atoms with van der Waals surface area (Å²) in [6.07, 6.45) is 3.16. The van der Waals surface area contributed by atoms with Gasteiger partial charge in [-0.2, -0.15) is 0 Å². The molecule has 0 aliphatic carbocycles. The first kappa shape index (κ1) is 13.5. The Bertz CT molecular complexity index is 721. The van der Waals surface area contributed by atoms with Gasteiger partial charge in [0.1, 0.15) is 5.82 Å². The molecule has 1 fully saturated rings. The molecule has 114 valence electrons.